The number of carbonyl (C=O) groups excluding carboxylic acids is 3. The van der Waals surface area contributed by atoms with E-state index in [9.17, 15) is 14.4 Å². The van der Waals surface area contributed by atoms with Crippen LogP contribution in [0.15, 0.2) is 24.3 Å². The number of amides is 3. The fourth-order valence-electron chi connectivity index (χ4n) is 2.64. The van der Waals surface area contributed by atoms with Crippen LogP contribution < -0.4 is 20.9 Å². The topological polar surface area (TPSA) is 91.7 Å². The minimum atomic E-state index is -0.150. The molecule has 3 amide bonds. The summed E-state index contributed by atoms with van der Waals surface area (Å²) in [4.78, 5) is 36.2. The van der Waals surface area contributed by atoms with Crippen molar-refractivity contribution in [2.45, 2.75) is 46.6 Å². The Labute approximate surface area is 155 Å². The van der Waals surface area contributed by atoms with Gasteiger partial charge in [-0.25, -0.2) is 0 Å². The molecule has 1 aromatic carbocycles. The van der Waals surface area contributed by atoms with E-state index >= 15 is 0 Å². The van der Waals surface area contributed by atoms with Gasteiger partial charge in [-0.2, -0.15) is 0 Å². The van der Waals surface area contributed by atoms with E-state index in [0.717, 1.165) is 17.7 Å². The zero-order chi connectivity index (χ0) is 19.5. The Hall–Kier alpha value is -2.41. The molecule has 0 radical (unpaired) electrons. The fraction of sp³-hybridized carbons (Fsp3) is 0.526. The Bertz CT molecular complexity index is 601. The molecule has 144 valence electrons. The van der Waals surface area contributed by atoms with E-state index in [4.69, 9.17) is 0 Å². The van der Waals surface area contributed by atoms with Crippen molar-refractivity contribution in [1.29, 1.82) is 0 Å². The predicted octanol–water partition coefficient (Wildman–Crippen LogP) is 0.793. The molecular weight excluding hydrogens is 332 g/mol. The van der Waals surface area contributed by atoms with Gasteiger partial charge in [0.25, 0.3) is 11.8 Å². The van der Waals surface area contributed by atoms with Gasteiger partial charge in [-0.1, -0.05) is 13.3 Å². The molecule has 0 saturated carbocycles. The molecular formula is C19H31N4O3+. The predicted molar refractivity (Wildman–Crippen MR) is 103 cm³/mol. The number of nitrogens with one attached hydrogen (secondary N) is 4. The number of anilines is 2. The number of rotatable bonds is 10. The van der Waals surface area contributed by atoms with Crippen LogP contribution in [0.5, 0.6) is 0 Å². The molecule has 0 bridgehead atoms. The van der Waals surface area contributed by atoms with E-state index in [1.807, 2.05) is 13.8 Å². The van der Waals surface area contributed by atoms with E-state index in [1.54, 1.807) is 24.3 Å². The van der Waals surface area contributed by atoms with Crippen molar-refractivity contribution < 1.29 is 19.3 Å². The van der Waals surface area contributed by atoms with Crippen molar-refractivity contribution in [2.24, 2.45) is 0 Å². The molecule has 0 aromatic heterocycles. The Morgan fingerprint density at radius 2 is 1.50 bits per heavy atom. The van der Waals surface area contributed by atoms with Crippen molar-refractivity contribution in [3.63, 3.8) is 0 Å². The molecule has 1 rings (SSSR count). The van der Waals surface area contributed by atoms with Gasteiger partial charge in [0.05, 0.1) is 6.54 Å². The van der Waals surface area contributed by atoms with Gasteiger partial charge in [-0.15, -0.1) is 0 Å². The highest BCUT2D eigenvalue weighted by atomic mass is 16.2. The molecule has 0 fully saturated rings. The summed E-state index contributed by atoms with van der Waals surface area (Å²) < 4.78 is 0. The van der Waals surface area contributed by atoms with Gasteiger partial charge in [0.1, 0.15) is 0 Å². The molecule has 1 unspecified atom stereocenters. The van der Waals surface area contributed by atoms with E-state index in [-0.39, 0.29) is 36.9 Å². The third-order valence-corrected chi connectivity index (χ3v) is 3.94. The summed E-state index contributed by atoms with van der Waals surface area (Å²) in [6.45, 7) is 8.65. The molecule has 0 aliphatic carbocycles. The first-order chi connectivity index (χ1) is 12.3. The smallest absolute Gasteiger partial charge is 0.279 e. The Morgan fingerprint density at radius 1 is 0.962 bits per heavy atom. The van der Waals surface area contributed by atoms with Crippen molar-refractivity contribution in [2.75, 3.05) is 30.3 Å². The van der Waals surface area contributed by atoms with Gasteiger partial charge < -0.3 is 20.9 Å². The van der Waals surface area contributed by atoms with Gasteiger partial charge in [-0.3, -0.25) is 14.4 Å². The highest BCUT2D eigenvalue weighted by molar-refractivity contribution is 5.92. The molecule has 26 heavy (non-hydrogen) atoms. The average molecular weight is 363 g/mol. The van der Waals surface area contributed by atoms with Gasteiger partial charge in [0, 0.05) is 24.3 Å². The number of hydrogen-bond donors (Lipinski definition) is 4. The summed E-state index contributed by atoms with van der Waals surface area (Å²) in [7, 11) is 0. The molecule has 0 aliphatic rings. The summed E-state index contributed by atoms with van der Waals surface area (Å²) >= 11 is 0. The maximum absolute atomic E-state index is 12.2. The van der Waals surface area contributed by atoms with Gasteiger partial charge in [0.15, 0.2) is 13.1 Å². The second-order valence-electron chi connectivity index (χ2n) is 6.52. The van der Waals surface area contributed by atoms with Crippen LogP contribution in [0.2, 0.25) is 0 Å². The van der Waals surface area contributed by atoms with E-state index < -0.39 is 0 Å². The van der Waals surface area contributed by atoms with Crippen molar-refractivity contribution in [1.82, 2.24) is 5.32 Å². The zero-order valence-electron chi connectivity index (χ0n) is 16.1. The van der Waals surface area contributed by atoms with Crippen LogP contribution in [-0.2, 0) is 14.4 Å². The Kier molecular flexibility index (Phi) is 9.36. The van der Waals surface area contributed by atoms with Crippen LogP contribution in [0.3, 0.4) is 0 Å². The van der Waals surface area contributed by atoms with Gasteiger partial charge in [-0.05, 0) is 44.5 Å². The minimum Gasteiger partial charge on any atom is -0.349 e. The number of quaternary nitrogens is 1. The second kappa shape index (κ2) is 11.3. The molecule has 7 heteroatoms. The normalized spacial score (nSPS) is 12.8. The lowest BCUT2D eigenvalue weighted by atomic mass is 10.2. The maximum atomic E-state index is 12.2. The lowest BCUT2D eigenvalue weighted by Crippen LogP contribution is -3.14. The minimum absolute atomic E-state index is 0.0322. The number of likely N-dealkylation sites (N-methyl/N-ethyl adjacent to an activating group) is 1. The van der Waals surface area contributed by atoms with E-state index in [2.05, 4.69) is 22.9 Å². The van der Waals surface area contributed by atoms with Gasteiger partial charge in [0.2, 0.25) is 5.91 Å². The third-order valence-electron chi connectivity index (χ3n) is 3.94. The van der Waals surface area contributed by atoms with Crippen LogP contribution in [0, 0.1) is 0 Å². The molecule has 0 heterocycles. The number of carbonyl (C=O) groups is 3. The lowest BCUT2D eigenvalue weighted by molar-refractivity contribution is -0.881. The molecule has 0 saturated heterocycles. The molecule has 0 aliphatic heterocycles. The second-order valence-corrected chi connectivity index (χ2v) is 6.52. The van der Waals surface area contributed by atoms with Crippen LogP contribution in [0.4, 0.5) is 11.4 Å². The van der Waals surface area contributed by atoms with Gasteiger partial charge >= 0.3 is 0 Å². The van der Waals surface area contributed by atoms with Crippen LogP contribution in [0.1, 0.15) is 40.5 Å². The summed E-state index contributed by atoms with van der Waals surface area (Å²) in [5.41, 5.74) is 1.33. The Morgan fingerprint density at radius 3 is 2.00 bits per heavy atom. The molecule has 4 N–H and O–H groups in total. The van der Waals surface area contributed by atoms with Crippen molar-refractivity contribution in [3.8, 4) is 0 Å². The fourth-order valence-corrected chi connectivity index (χ4v) is 2.64. The average Bonchev–Trinajstić information content (AvgIpc) is 2.55. The largest absolute Gasteiger partial charge is 0.349 e. The third kappa shape index (κ3) is 8.62. The summed E-state index contributed by atoms with van der Waals surface area (Å²) in [6.07, 6.45) is 1.97. The molecule has 2 atom stereocenters. The quantitative estimate of drug-likeness (QED) is 0.495. The first kappa shape index (κ1) is 21.6. The highest BCUT2D eigenvalue weighted by Crippen LogP contribution is 2.13. The molecule has 0 spiro atoms. The molecule has 7 nitrogen and oxygen atoms in total. The highest BCUT2D eigenvalue weighted by Gasteiger charge is 2.17. The van der Waals surface area contributed by atoms with Crippen LogP contribution in [0.25, 0.3) is 0 Å². The Balaban J connectivity index is 2.48. The lowest BCUT2D eigenvalue weighted by Gasteiger charge is -2.19. The first-order valence-corrected chi connectivity index (χ1v) is 9.14. The molecule has 1 aromatic rings. The van der Waals surface area contributed by atoms with Crippen molar-refractivity contribution in [3.05, 3.63) is 24.3 Å². The summed E-state index contributed by atoms with van der Waals surface area (Å²) in [5, 5.41) is 8.45. The monoisotopic (exact) mass is 363 g/mol. The zero-order valence-corrected chi connectivity index (χ0v) is 16.1. The van der Waals surface area contributed by atoms with Crippen molar-refractivity contribution >= 4 is 29.1 Å². The van der Waals surface area contributed by atoms with E-state index in [1.165, 1.54) is 6.92 Å². The first-order valence-electron chi connectivity index (χ1n) is 9.14. The summed E-state index contributed by atoms with van der Waals surface area (Å²) in [6, 6.07) is 7.07. The summed E-state index contributed by atoms with van der Waals surface area (Å²) in [5.74, 6) is -0.325. The van der Waals surface area contributed by atoms with E-state index in [0.29, 0.717) is 17.9 Å². The SMILES string of the molecule is CCC[C@@H](C)NC(=O)C[NH+](CC)CC(=O)Nc1ccc(NC(C)=O)cc1. The van der Waals surface area contributed by atoms with Crippen LogP contribution >= 0.6 is 0 Å². The standard InChI is InChI=1S/C19H30N4O3/c1-5-7-14(3)20-18(25)12-23(6-2)13-19(26)22-17-10-8-16(9-11-17)21-15(4)24/h8-11,14H,5-7,12-13H2,1-4H3,(H,20,25)(H,21,24)(H,22,26)/p+1/t14-/m1/s1. The number of benzene rings is 1. The number of hydrogen-bond acceptors (Lipinski definition) is 3. The van der Waals surface area contributed by atoms with Crippen LogP contribution in [-0.4, -0.2) is 43.4 Å². The maximum Gasteiger partial charge on any atom is 0.279 e.